The van der Waals surface area contributed by atoms with Crippen molar-refractivity contribution in [1.82, 2.24) is 4.98 Å². The van der Waals surface area contributed by atoms with Gasteiger partial charge in [-0.3, -0.25) is 10.1 Å². The molecule has 0 atom stereocenters. The Labute approximate surface area is 101 Å². The topological polar surface area (TPSA) is 83.0 Å². The van der Waals surface area contributed by atoms with Crippen LogP contribution in [-0.4, -0.2) is 9.91 Å². The average molecular weight is 249 g/mol. The van der Waals surface area contributed by atoms with E-state index in [9.17, 15) is 15.3 Å². The number of hydrogen-bond acceptors (Lipinski definition) is 5. The highest BCUT2D eigenvalue weighted by Gasteiger charge is 2.18. The lowest BCUT2D eigenvalue weighted by Gasteiger charge is -2.02. The van der Waals surface area contributed by atoms with Crippen LogP contribution >= 0.6 is 11.8 Å². The van der Waals surface area contributed by atoms with Crippen LogP contribution in [0.3, 0.4) is 0 Å². The maximum Gasteiger partial charge on any atom is 0.301 e. The van der Waals surface area contributed by atoms with Crippen LogP contribution in [0.15, 0.2) is 52.8 Å². The summed E-state index contributed by atoms with van der Waals surface area (Å²) in [4.78, 5) is 14.1. The summed E-state index contributed by atoms with van der Waals surface area (Å²) in [7, 11) is 0. The molecular formula is C10H7N3O3S. The predicted octanol–water partition coefficient (Wildman–Crippen LogP) is 1.77. The largest absolute Gasteiger partial charge is 0.618 e. The summed E-state index contributed by atoms with van der Waals surface area (Å²) >= 11 is 0.967. The summed E-state index contributed by atoms with van der Waals surface area (Å²) in [5, 5.41) is 22.7. The summed E-state index contributed by atoms with van der Waals surface area (Å²) in [6.07, 6.45) is 2.78. The van der Waals surface area contributed by atoms with Crippen LogP contribution in [0.25, 0.3) is 0 Å². The zero-order valence-corrected chi connectivity index (χ0v) is 9.33. The smallest absolute Gasteiger partial charge is 0.301 e. The van der Waals surface area contributed by atoms with E-state index in [0.29, 0.717) is 9.76 Å². The fraction of sp³-hybridized carbons (Fsp3) is 0. The van der Waals surface area contributed by atoms with Gasteiger partial charge in [-0.1, -0.05) is 0 Å². The first-order valence-corrected chi connectivity index (χ1v) is 5.45. The van der Waals surface area contributed by atoms with E-state index in [1.807, 2.05) is 0 Å². The molecule has 0 unspecified atom stereocenters. The molecule has 0 aliphatic carbocycles. The first-order valence-electron chi connectivity index (χ1n) is 4.64. The Bertz CT molecular complexity index is 562. The third-order valence-corrected chi connectivity index (χ3v) is 2.97. The van der Waals surface area contributed by atoms with Crippen LogP contribution in [0.2, 0.25) is 0 Å². The van der Waals surface area contributed by atoms with Crippen molar-refractivity contribution in [3.8, 4) is 0 Å². The summed E-state index contributed by atoms with van der Waals surface area (Å²) in [5.41, 5.74) is -0.110. The molecule has 17 heavy (non-hydrogen) atoms. The van der Waals surface area contributed by atoms with Gasteiger partial charge in [0.15, 0.2) is 11.2 Å². The summed E-state index contributed by atoms with van der Waals surface area (Å²) in [6.45, 7) is 0. The molecule has 0 radical (unpaired) electrons. The van der Waals surface area contributed by atoms with Gasteiger partial charge in [0.1, 0.15) is 0 Å². The molecule has 0 aromatic carbocycles. The van der Waals surface area contributed by atoms with E-state index >= 15 is 0 Å². The molecule has 0 fully saturated rings. The van der Waals surface area contributed by atoms with Gasteiger partial charge in [-0.05, 0) is 12.1 Å². The molecule has 0 N–H and O–H groups in total. The number of pyridine rings is 2. The fourth-order valence-corrected chi connectivity index (χ4v) is 2.05. The predicted molar refractivity (Wildman–Crippen MR) is 60.4 cm³/mol. The maximum atomic E-state index is 11.4. The molecular weight excluding hydrogens is 242 g/mol. The number of aromatic nitrogens is 2. The maximum absolute atomic E-state index is 11.4. The third kappa shape index (κ3) is 2.51. The second-order valence-corrected chi connectivity index (χ2v) is 4.06. The van der Waals surface area contributed by atoms with E-state index in [2.05, 4.69) is 4.98 Å². The number of nitro groups is 1. The molecule has 0 bridgehead atoms. The Kier molecular flexibility index (Phi) is 3.20. The molecule has 0 spiro atoms. The van der Waals surface area contributed by atoms with Gasteiger partial charge in [-0.15, -0.1) is 0 Å². The van der Waals surface area contributed by atoms with Crippen molar-refractivity contribution >= 4 is 17.4 Å². The highest BCUT2D eigenvalue weighted by Crippen LogP contribution is 2.30. The van der Waals surface area contributed by atoms with Crippen LogP contribution in [0, 0.1) is 15.3 Å². The number of rotatable bonds is 3. The van der Waals surface area contributed by atoms with Crippen molar-refractivity contribution in [3.05, 3.63) is 58.0 Å². The van der Waals surface area contributed by atoms with Gasteiger partial charge >= 0.3 is 5.69 Å². The monoisotopic (exact) mass is 249 g/mol. The van der Waals surface area contributed by atoms with E-state index in [1.54, 1.807) is 18.2 Å². The van der Waals surface area contributed by atoms with Crippen LogP contribution < -0.4 is 4.73 Å². The van der Waals surface area contributed by atoms with Crippen molar-refractivity contribution < 1.29 is 9.65 Å². The van der Waals surface area contributed by atoms with Crippen molar-refractivity contribution in [2.75, 3.05) is 0 Å². The Balaban J connectivity index is 2.37. The van der Waals surface area contributed by atoms with Gasteiger partial charge in [-0.2, -0.15) is 4.73 Å². The molecule has 86 valence electrons. The molecule has 7 heteroatoms. The summed E-state index contributed by atoms with van der Waals surface area (Å²) in [6, 6.07) is 7.69. The average Bonchev–Trinajstić information content (AvgIpc) is 2.32. The van der Waals surface area contributed by atoms with Crippen molar-refractivity contribution in [1.29, 1.82) is 0 Å². The third-order valence-electron chi connectivity index (χ3n) is 1.94. The molecule has 6 nitrogen and oxygen atoms in total. The van der Waals surface area contributed by atoms with E-state index in [1.165, 1.54) is 24.5 Å². The van der Waals surface area contributed by atoms with Gasteiger partial charge < -0.3 is 5.21 Å². The van der Waals surface area contributed by atoms with Crippen LogP contribution in [0.4, 0.5) is 5.69 Å². The van der Waals surface area contributed by atoms with Crippen LogP contribution in [0.1, 0.15) is 0 Å². The molecule has 2 aromatic heterocycles. The molecule has 2 aromatic rings. The van der Waals surface area contributed by atoms with Gasteiger partial charge in [0, 0.05) is 36.2 Å². The fourth-order valence-electron chi connectivity index (χ4n) is 1.19. The van der Waals surface area contributed by atoms with Crippen molar-refractivity contribution in [2.24, 2.45) is 0 Å². The van der Waals surface area contributed by atoms with Gasteiger partial charge in [-0.25, -0.2) is 4.98 Å². The zero-order chi connectivity index (χ0) is 12.3. The minimum Gasteiger partial charge on any atom is -0.618 e. The SMILES string of the molecule is O=[N+]([O-])c1cccnc1Sc1cccc[n+]1[O-]. The highest BCUT2D eigenvalue weighted by molar-refractivity contribution is 7.99. The molecule has 0 amide bonds. The lowest BCUT2D eigenvalue weighted by Crippen LogP contribution is -2.27. The molecule has 2 heterocycles. The molecule has 0 aliphatic heterocycles. The summed E-state index contributed by atoms with van der Waals surface area (Å²) < 4.78 is 0.642. The number of hydrogen-bond donors (Lipinski definition) is 0. The lowest BCUT2D eigenvalue weighted by molar-refractivity contribution is -0.645. The Hall–Kier alpha value is -2.15. The van der Waals surface area contributed by atoms with E-state index in [4.69, 9.17) is 0 Å². The summed E-state index contributed by atoms with van der Waals surface area (Å²) in [5.74, 6) is 0. The number of nitrogens with zero attached hydrogens (tertiary/aromatic N) is 3. The normalized spacial score (nSPS) is 10.1. The lowest BCUT2D eigenvalue weighted by atomic mass is 10.4. The van der Waals surface area contributed by atoms with Crippen molar-refractivity contribution in [2.45, 2.75) is 10.1 Å². The van der Waals surface area contributed by atoms with Gasteiger partial charge in [0.2, 0.25) is 0 Å². The zero-order valence-electron chi connectivity index (χ0n) is 8.52. The minimum atomic E-state index is -0.520. The standard InChI is InChI=1S/C10H7N3O3S/c14-12-7-2-1-5-9(12)17-10-8(13(15)16)4-3-6-11-10/h1-7H. The second kappa shape index (κ2) is 4.79. The highest BCUT2D eigenvalue weighted by atomic mass is 32.2. The molecule has 0 aliphatic rings. The van der Waals surface area contributed by atoms with Gasteiger partial charge in [0.25, 0.3) is 5.03 Å². The van der Waals surface area contributed by atoms with E-state index in [-0.39, 0.29) is 10.7 Å². The first-order chi connectivity index (χ1) is 8.18. The molecule has 2 rings (SSSR count). The molecule has 0 saturated heterocycles. The van der Waals surface area contributed by atoms with Crippen LogP contribution in [0.5, 0.6) is 0 Å². The Morgan fingerprint density at radius 3 is 2.82 bits per heavy atom. The van der Waals surface area contributed by atoms with Gasteiger partial charge in [0.05, 0.1) is 4.92 Å². The molecule has 0 saturated carbocycles. The minimum absolute atomic E-state index is 0.110. The Morgan fingerprint density at radius 2 is 2.12 bits per heavy atom. The van der Waals surface area contributed by atoms with Crippen molar-refractivity contribution in [3.63, 3.8) is 0 Å². The van der Waals surface area contributed by atoms with Crippen LogP contribution in [-0.2, 0) is 0 Å². The Morgan fingerprint density at radius 1 is 1.29 bits per heavy atom. The van der Waals surface area contributed by atoms with E-state index < -0.39 is 4.92 Å². The second-order valence-electron chi connectivity index (χ2n) is 3.05. The quantitative estimate of drug-likeness (QED) is 0.358. The van der Waals surface area contributed by atoms with E-state index in [0.717, 1.165) is 11.8 Å². The first kappa shape index (κ1) is 11.3.